The summed E-state index contributed by atoms with van der Waals surface area (Å²) in [5, 5.41) is 0.530. The van der Waals surface area contributed by atoms with Gasteiger partial charge in [0.2, 0.25) is 0 Å². The van der Waals surface area contributed by atoms with E-state index in [-0.39, 0.29) is 11.6 Å². The first kappa shape index (κ1) is 19.9. The number of aryl methyl sites for hydroxylation is 1. The molecule has 0 atom stereocenters. The summed E-state index contributed by atoms with van der Waals surface area (Å²) in [4.78, 5) is 28.8. The molecule has 0 N–H and O–H groups in total. The molecule has 0 amide bonds. The fourth-order valence-corrected chi connectivity index (χ4v) is 5.17. The minimum atomic E-state index is -0.0272. The Morgan fingerprint density at radius 3 is 2.42 bits per heavy atom. The molecule has 3 heterocycles. The molecule has 2 aromatic carbocycles. The summed E-state index contributed by atoms with van der Waals surface area (Å²) >= 11 is 0. The molecule has 0 aliphatic heterocycles. The summed E-state index contributed by atoms with van der Waals surface area (Å²) in [6, 6.07) is 15.7. The number of benzene rings is 2. The van der Waals surface area contributed by atoms with Crippen LogP contribution >= 0.6 is 0 Å². The van der Waals surface area contributed by atoms with E-state index in [1.807, 2.05) is 64.6 Å². The first-order valence-corrected chi connectivity index (χ1v) is 11.5. The summed E-state index contributed by atoms with van der Waals surface area (Å²) in [5.41, 5.74) is 4.15. The molecule has 166 valence electrons. The van der Waals surface area contributed by atoms with Crippen LogP contribution in [0.2, 0.25) is 0 Å². The zero-order chi connectivity index (χ0) is 22.5. The average Bonchev–Trinajstić information content (AvgIpc) is 3.16. The Labute approximate surface area is 190 Å². The van der Waals surface area contributed by atoms with Gasteiger partial charge in [-0.1, -0.05) is 37.5 Å². The molecule has 1 saturated carbocycles. The van der Waals surface area contributed by atoms with E-state index in [0.717, 1.165) is 54.0 Å². The summed E-state index contributed by atoms with van der Waals surface area (Å²) in [6.45, 7) is 1.93. The van der Waals surface area contributed by atoms with Gasteiger partial charge in [-0.05, 0) is 44.0 Å². The maximum absolute atomic E-state index is 14.0. The fourth-order valence-electron chi connectivity index (χ4n) is 5.17. The summed E-state index contributed by atoms with van der Waals surface area (Å²) < 4.78 is 9.29. The van der Waals surface area contributed by atoms with Gasteiger partial charge in [0.05, 0.1) is 23.8 Å². The van der Waals surface area contributed by atoms with Crippen molar-refractivity contribution in [1.82, 2.24) is 24.1 Å². The molecule has 0 radical (unpaired) electrons. The van der Waals surface area contributed by atoms with E-state index in [1.165, 1.54) is 6.42 Å². The highest BCUT2D eigenvalue weighted by Crippen LogP contribution is 2.32. The lowest BCUT2D eigenvalue weighted by Gasteiger charge is -2.25. The first-order valence-electron chi connectivity index (χ1n) is 11.5. The van der Waals surface area contributed by atoms with E-state index in [4.69, 9.17) is 19.7 Å². The van der Waals surface area contributed by atoms with Crippen LogP contribution in [0.15, 0.2) is 53.3 Å². The van der Waals surface area contributed by atoms with Crippen molar-refractivity contribution in [3.8, 4) is 11.4 Å². The molecule has 1 aliphatic rings. The van der Waals surface area contributed by atoms with Gasteiger partial charge in [-0.15, -0.1) is 0 Å². The Kier molecular flexibility index (Phi) is 4.64. The maximum atomic E-state index is 14.0. The molecule has 7 nitrogen and oxygen atoms in total. The van der Waals surface area contributed by atoms with Gasteiger partial charge >= 0.3 is 0 Å². The molecule has 0 bridgehead atoms. The summed E-state index contributed by atoms with van der Waals surface area (Å²) in [5.74, 6) is 1.46. The lowest BCUT2D eigenvalue weighted by molar-refractivity contribution is 0.339. The molecule has 0 spiro atoms. The molecule has 3 aromatic heterocycles. The normalized spacial score (nSPS) is 15.0. The second kappa shape index (κ2) is 7.69. The molecular formula is C26H25N5O2. The van der Waals surface area contributed by atoms with Crippen molar-refractivity contribution < 1.29 is 4.74 Å². The molecular weight excluding hydrogens is 414 g/mol. The molecule has 1 fully saturated rings. The van der Waals surface area contributed by atoms with E-state index < -0.39 is 0 Å². The van der Waals surface area contributed by atoms with Crippen LogP contribution in [-0.2, 0) is 0 Å². The third kappa shape index (κ3) is 3.10. The standard InChI is InChI=1S/C26H25N5O2/c1-16-27-24-22(26(32)30(16)17-9-4-3-5-10-17)23-25(29-21-14-7-6-13-20(21)28-23)31(24)18-11-8-12-19(15-18)33-2/h6-8,11-15,17H,3-5,9-10H2,1-2H3. The van der Waals surface area contributed by atoms with Crippen molar-refractivity contribution in [2.24, 2.45) is 0 Å². The van der Waals surface area contributed by atoms with E-state index >= 15 is 0 Å². The van der Waals surface area contributed by atoms with Crippen LogP contribution in [0.25, 0.3) is 38.9 Å². The molecule has 7 heteroatoms. The Morgan fingerprint density at radius 2 is 1.67 bits per heavy atom. The molecule has 0 saturated heterocycles. The van der Waals surface area contributed by atoms with Crippen LogP contribution in [0.1, 0.15) is 44.0 Å². The van der Waals surface area contributed by atoms with Crippen LogP contribution in [0.5, 0.6) is 5.75 Å². The van der Waals surface area contributed by atoms with Crippen LogP contribution in [0, 0.1) is 6.92 Å². The number of aromatic nitrogens is 5. The van der Waals surface area contributed by atoms with Crippen molar-refractivity contribution in [2.75, 3.05) is 7.11 Å². The van der Waals surface area contributed by atoms with Gasteiger partial charge in [0, 0.05) is 12.1 Å². The lowest BCUT2D eigenvalue weighted by atomic mass is 9.95. The van der Waals surface area contributed by atoms with E-state index in [2.05, 4.69) is 0 Å². The summed E-state index contributed by atoms with van der Waals surface area (Å²) in [6.07, 6.45) is 5.54. The Bertz CT molecular complexity index is 1580. The van der Waals surface area contributed by atoms with Crippen LogP contribution < -0.4 is 10.3 Å². The molecule has 33 heavy (non-hydrogen) atoms. The zero-order valence-electron chi connectivity index (χ0n) is 18.8. The smallest absolute Gasteiger partial charge is 0.265 e. The van der Waals surface area contributed by atoms with Crippen molar-refractivity contribution in [1.29, 1.82) is 0 Å². The van der Waals surface area contributed by atoms with E-state index in [1.54, 1.807) is 7.11 Å². The molecule has 1 aliphatic carbocycles. The van der Waals surface area contributed by atoms with Gasteiger partial charge in [0.15, 0.2) is 11.3 Å². The van der Waals surface area contributed by atoms with Crippen molar-refractivity contribution in [3.63, 3.8) is 0 Å². The number of nitrogens with zero attached hydrogens (tertiary/aromatic N) is 5. The third-order valence-electron chi connectivity index (χ3n) is 6.74. The van der Waals surface area contributed by atoms with Gasteiger partial charge < -0.3 is 4.74 Å². The largest absolute Gasteiger partial charge is 0.497 e. The second-order valence-corrected chi connectivity index (χ2v) is 8.75. The number of methoxy groups -OCH3 is 1. The number of para-hydroxylation sites is 2. The fraction of sp³-hybridized carbons (Fsp3) is 0.308. The predicted molar refractivity (Wildman–Crippen MR) is 129 cm³/mol. The molecule has 0 unspecified atom stereocenters. The average molecular weight is 440 g/mol. The number of hydrogen-bond donors (Lipinski definition) is 0. The number of fused-ring (bicyclic) bond motifs is 4. The number of rotatable bonds is 3. The van der Waals surface area contributed by atoms with Crippen LogP contribution in [0.3, 0.4) is 0 Å². The van der Waals surface area contributed by atoms with Gasteiger partial charge in [0.25, 0.3) is 5.56 Å². The van der Waals surface area contributed by atoms with Gasteiger partial charge in [-0.25, -0.2) is 15.0 Å². The van der Waals surface area contributed by atoms with Crippen LogP contribution in [0.4, 0.5) is 0 Å². The zero-order valence-corrected chi connectivity index (χ0v) is 18.8. The van der Waals surface area contributed by atoms with Crippen LogP contribution in [-0.4, -0.2) is 31.2 Å². The van der Waals surface area contributed by atoms with Crippen molar-refractivity contribution in [2.45, 2.75) is 45.1 Å². The van der Waals surface area contributed by atoms with Crippen molar-refractivity contribution in [3.05, 3.63) is 64.7 Å². The molecule has 6 rings (SSSR count). The quantitative estimate of drug-likeness (QED) is 0.391. The Balaban J connectivity index is 1.75. The van der Waals surface area contributed by atoms with Gasteiger partial charge in [0.1, 0.15) is 22.5 Å². The van der Waals surface area contributed by atoms with E-state index in [9.17, 15) is 4.79 Å². The highest BCUT2D eigenvalue weighted by Gasteiger charge is 2.25. The van der Waals surface area contributed by atoms with Gasteiger partial charge in [-0.2, -0.15) is 0 Å². The number of hydrogen-bond acceptors (Lipinski definition) is 5. The summed E-state index contributed by atoms with van der Waals surface area (Å²) in [7, 11) is 1.64. The predicted octanol–water partition coefficient (Wildman–Crippen LogP) is 5.11. The third-order valence-corrected chi connectivity index (χ3v) is 6.74. The second-order valence-electron chi connectivity index (χ2n) is 8.75. The highest BCUT2D eigenvalue weighted by molar-refractivity contribution is 6.05. The highest BCUT2D eigenvalue weighted by atomic mass is 16.5. The maximum Gasteiger partial charge on any atom is 0.265 e. The van der Waals surface area contributed by atoms with E-state index in [0.29, 0.717) is 22.2 Å². The minimum Gasteiger partial charge on any atom is -0.497 e. The Hall–Kier alpha value is -3.74. The minimum absolute atomic E-state index is 0.0272. The lowest BCUT2D eigenvalue weighted by Crippen LogP contribution is -2.29. The monoisotopic (exact) mass is 439 g/mol. The number of ether oxygens (including phenoxy) is 1. The Morgan fingerprint density at radius 1 is 0.909 bits per heavy atom. The molecule has 5 aromatic rings. The van der Waals surface area contributed by atoms with Crippen molar-refractivity contribution >= 4 is 33.2 Å². The topological polar surface area (TPSA) is 74.8 Å². The SMILES string of the molecule is COc1cccc(-n2c3nc4ccccc4nc3c3c(=O)n(C4CCCCC4)c(C)nc32)c1. The first-order chi connectivity index (χ1) is 16.2. The van der Waals surface area contributed by atoms with Gasteiger partial charge in [-0.3, -0.25) is 13.9 Å².